The normalized spacial score (nSPS) is 20.9. The van der Waals surface area contributed by atoms with Gasteiger partial charge in [0.25, 0.3) is 0 Å². The van der Waals surface area contributed by atoms with Crippen LogP contribution in [-0.2, 0) is 9.31 Å². The smallest absolute Gasteiger partial charge is 0.399 e. The number of halogens is 1. The molecule has 7 heteroatoms. The zero-order valence-electron chi connectivity index (χ0n) is 14.2. The molecule has 1 fully saturated rings. The van der Waals surface area contributed by atoms with E-state index in [0.29, 0.717) is 0 Å². The standard InChI is InChI=1S/C16H22BClN2O2S/c1-6-12(13-7-8-14(18)23-13)20-10-11(9-19-20)17-21-15(2,3)16(4,5)22-17/h7-10,12H,6H2,1-5H3. The zero-order valence-corrected chi connectivity index (χ0v) is 15.7. The summed E-state index contributed by atoms with van der Waals surface area (Å²) in [7, 11) is -0.377. The van der Waals surface area contributed by atoms with Gasteiger partial charge in [-0.2, -0.15) is 5.10 Å². The molecule has 2 aromatic heterocycles. The highest BCUT2D eigenvalue weighted by Gasteiger charge is 2.52. The van der Waals surface area contributed by atoms with E-state index in [9.17, 15) is 0 Å². The van der Waals surface area contributed by atoms with Crippen molar-refractivity contribution >= 4 is 35.5 Å². The molecule has 0 radical (unpaired) electrons. The Bertz CT molecular complexity index is 682. The van der Waals surface area contributed by atoms with Crippen LogP contribution in [0.15, 0.2) is 24.5 Å². The van der Waals surface area contributed by atoms with Crippen molar-refractivity contribution in [1.82, 2.24) is 9.78 Å². The summed E-state index contributed by atoms with van der Waals surface area (Å²) in [5, 5.41) is 4.53. The Morgan fingerprint density at radius 2 is 1.91 bits per heavy atom. The molecule has 1 saturated heterocycles. The van der Waals surface area contributed by atoms with Gasteiger partial charge >= 0.3 is 7.12 Å². The highest BCUT2D eigenvalue weighted by atomic mass is 35.5. The Balaban J connectivity index is 1.83. The molecule has 0 bridgehead atoms. The summed E-state index contributed by atoms with van der Waals surface area (Å²) in [5.41, 5.74) is 0.265. The molecule has 1 unspecified atom stereocenters. The third-order valence-electron chi connectivity index (χ3n) is 4.78. The lowest BCUT2D eigenvalue weighted by Crippen LogP contribution is -2.41. The van der Waals surface area contributed by atoms with Crippen molar-refractivity contribution in [2.45, 2.75) is 58.3 Å². The minimum absolute atomic E-state index is 0.184. The first kappa shape index (κ1) is 17.0. The van der Waals surface area contributed by atoms with Gasteiger partial charge in [0.15, 0.2) is 0 Å². The van der Waals surface area contributed by atoms with Crippen LogP contribution >= 0.6 is 22.9 Å². The van der Waals surface area contributed by atoms with E-state index in [2.05, 4.69) is 45.8 Å². The molecular weight excluding hydrogens is 331 g/mol. The monoisotopic (exact) mass is 352 g/mol. The van der Waals surface area contributed by atoms with Crippen molar-refractivity contribution in [3.8, 4) is 0 Å². The number of nitrogens with zero attached hydrogens (tertiary/aromatic N) is 2. The van der Waals surface area contributed by atoms with Gasteiger partial charge < -0.3 is 9.31 Å². The fourth-order valence-corrected chi connectivity index (χ4v) is 3.89. The number of hydrogen-bond acceptors (Lipinski definition) is 4. The van der Waals surface area contributed by atoms with E-state index >= 15 is 0 Å². The van der Waals surface area contributed by atoms with Crippen LogP contribution in [0.1, 0.15) is 52.0 Å². The topological polar surface area (TPSA) is 36.3 Å². The molecule has 23 heavy (non-hydrogen) atoms. The van der Waals surface area contributed by atoms with E-state index in [1.165, 1.54) is 4.88 Å². The van der Waals surface area contributed by atoms with Crippen LogP contribution in [0.2, 0.25) is 4.34 Å². The van der Waals surface area contributed by atoms with Crippen molar-refractivity contribution in [1.29, 1.82) is 0 Å². The summed E-state index contributed by atoms with van der Waals surface area (Å²) in [5.74, 6) is 0. The number of thiophene rings is 1. The SMILES string of the molecule is CCC(c1ccc(Cl)s1)n1cc(B2OC(C)(C)C(C)(C)O2)cn1. The first-order valence-corrected chi connectivity index (χ1v) is 9.08. The minimum Gasteiger partial charge on any atom is -0.399 e. The summed E-state index contributed by atoms with van der Waals surface area (Å²) in [6.45, 7) is 10.4. The lowest BCUT2D eigenvalue weighted by atomic mass is 9.82. The molecule has 0 amide bonds. The summed E-state index contributed by atoms with van der Waals surface area (Å²) >= 11 is 7.67. The van der Waals surface area contributed by atoms with Gasteiger partial charge in [-0.3, -0.25) is 4.68 Å². The van der Waals surface area contributed by atoms with E-state index in [0.717, 1.165) is 16.2 Å². The highest BCUT2D eigenvalue weighted by Crippen LogP contribution is 2.36. The van der Waals surface area contributed by atoms with Gasteiger partial charge in [0.05, 0.1) is 21.6 Å². The van der Waals surface area contributed by atoms with Gasteiger partial charge in [-0.25, -0.2) is 0 Å². The van der Waals surface area contributed by atoms with Crippen LogP contribution in [-0.4, -0.2) is 28.1 Å². The van der Waals surface area contributed by atoms with Crippen molar-refractivity contribution in [3.05, 3.63) is 33.7 Å². The van der Waals surface area contributed by atoms with Crippen LogP contribution in [0.4, 0.5) is 0 Å². The first-order valence-electron chi connectivity index (χ1n) is 7.88. The largest absolute Gasteiger partial charge is 0.498 e. The zero-order chi connectivity index (χ0) is 16.8. The molecule has 1 atom stereocenters. The average Bonchev–Trinajstić information content (AvgIpc) is 3.12. The molecule has 0 spiro atoms. The van der Waals surface area contributed by atoms with E-state index < -0.39 is 0 Å². The number of rotatable bonds is 4. The fraction of sp³-hybridized carbons (Fsp3) is 0.562. The van der Waals surface area contributed by atoms with Crippen LogP contribution in [0.25, 0.3) is 0 Å². The third kappa shape index (κ3) is 3.10. The van der Waals surface area contributed by atoms with Crippen LogP contribution < -0.4 is 5.46 Å². The maximum absolute atomic E-state index is 6.09. The summed E-state index contributed by atoms with van der Waals surface area (Å²) < 4.78 is 15.0. The van der Waals surface area contributed by atoms with E-state index in [1.54, 1.807) is 11.3 Å². The van der Waals surface area contributed by atoms with Crippen molar-refractivity contribution < 1.29 is 9.31 Å². The lowest BCUT2D eigenvalue weighted by molar-refractivity contribution is 0.00578. The quantitative estimate of drug-likeness (QED) is 0.783. The molecule has 3 rings (SSSR count). The molecule has 0 N–H and O–H groups in total. The molecule has 4 nitrogen and oxygen atoms in total. The Morgan fingerprint density at radius 1 is 1.26 bits per heavy atom. The van der Waals surface area contributed by atoms with Gasteiger partial charge in [-0.05, 0) is 46.2 Å². The molecule has 1 aliphatic heterocycles. The fourth-order valence-electron chi connectivity index (χ4n) is 2.65. The molecule has 1 aliphatic rings. The predicted molar refractivity (Wildman–Crippen MR) is 95.7 cm³/mol. The second kappa shape index (κ2) is 5.92. The van der Waals surface area contributed by atoms with E-state index in [1.807, 2.05) is 23.1 Å². The second-order valence-corrected chi connectivity index (χ2v) is 8.65. The van der Waals surface area contributed by atoms with E-state index in [4.69, 9.17) is 20.9 Å². The summed E-state index contributed by atoms with van der Waals surface area (Å²) in [6.07, 6.45) is 4.80. The minimum atomic E-state index is -0.377. The van der Waals surface area contributed by atoms with Crippen molar-refractivity contribution in [3.63, 3.8) is 0 Å². The molecule has 124 valence electrons. The Morgan fingerprint density at radius 3 is 2.43 bits per heavy atom. The van der Waals surface area contributed by atoms with Crippen LogP contribution in [0.5, 0.6) is 0 Å². The molecule has 3 heterocycles. The number of aromatic nitrogens is 2. The second-order valence-electron chi connectivity index (χ2n) is 6.91. The predicted octanol–water partition coefficient (Wildman–Crippen LogP) is 3.90. The van der Waals surface area contributed by atoms with Crippen LogP contribution in [0.3, 0.4) is 0 Å². The Hall–Kier alpha value is -0.815. The van der Waals surface area contributed by atoms with Gasteiger partial charge in [-0.15, -0.1) is 11.3 Å². The van der Waals surface area contributed by atoms with E-state index in [-0.39, 0.29) is 24.4 Å². The van der Waals surface area contributed by atoms with Crippen molar-refractivity contribution in [2.75, 3.05) is 0 Å². The molecule has 0 aromatic carbocycles. The van der Waals surface area contributed by atoms with Crippen LogP contribution in [0, 0.1) is 0 Å². The number of hydrogen-bond donors (Lipinski definition) is 0. The average molecular weight is 353 g/mol. The van der Waals surface area contributed by atoms with Gasteiger partial charge in [-0.1, -0.05) is 18.5 Å². The van der Waals surface area contributed by atoms with Gasteiger partial charge in [0.1, 0.15) is 0 Å². The maximum Gasteiger partial charge on any atom is 0.498 e. The lowest BCUT2D eigenvalue weighted by Gasteiger charge is -2.32. The van der Waals surface area contributed by atoms with Crippen molar-refractivity contribution in [2.24, 2.45) is 0 Å². The molecule has 0 saturated carbocycles. The highest BCUT2D eigenvalue weighted by molar-refractivity contribution is 7.16. The first-order chi connectivity index (χ1) is 10.7. The summed E-state index contributed by atoms with van der Waals surface area (Å²) in [4.78, 5) is 1.21. The third-order valence-corrected chi connectivity index (χ3v) is 6.11. The van der Waals surface area contributed by atoms with Gasteiger partial charge in [0, 0.05) is 22.7 Å². The van der Waals surface area contributed by atoms with Gasteiger partial charge in [0.2, 0.25) is 0 Å². The Labute approximate surface area is 146 Å². The molecular formula is C16H22BClN2O2S. The molecule has 2 aromatic rings. The summed E-state index contributed by atoms with van der Waals surface area (Å²) in [6, 6.07) is 4.18. The maximum atomic E-state index is 6.09. The Kier molecular flexibility index (Phi) is 4.38. The molecule has 0 aliphatic carbocycles.